The molecule has 2 amide bonds. The minimum Gasteiger partial charge on any atom is -0.349 e. The Bertz CT molecular complexity index is 883. The van der Waals surface area contributed by atoms with E-state index in [-0.39, 0.29) is 23.3 Å². The molecule has 4 rings (SSSR count). The standard InChI is InChI=1S/C24H29N3O2/c1-17(26-23(29)24-13-6-5-11-20(24)15-25-16-24)19-10-7-12-21(14-19)27-22(28)18-8-3-2-4-9-18/h2-4,7-10,12,14,17,20,25H,5-6,11,13,15-16H2,1H3,(H,26,29)(H,27,28)/t17?,20-,24+/m0/s1. The van der Waals surface area contributed by atoms with Crippen LogP contribution in [0.25, 0.3) is 0 Å². The molecule has 1 heterocycles. The Balaban J connectivity index is 1.44. The van der Waals surface area contributed by atoms with Crippen molar-refractivity contribution in [3.63, 3.8) is 0 Å². The summed E-state index contributed by atoms with van der Waals surface area (Å²) >= 11 is 0. The Morgan fingerprint density at radius 1 is 1.10 bits per heavy atom. The lowest BCUT2D eigenvalue weighted by Gasteiger charge is -2.38. The SMILES string of the molecule is CC(NC(=O)[C@@]12CCCC[C@H]1CNC2)c1cccc(NC(=O)c2ccccc2)c1. The average molecular weight is 392 g/mol. The molecular formula is C24H29N3O2. The zero-order valence-corrected chi connectivity index (χ0v) is 16.9. The molecule has 0 spiro atoms. The molecule has 0 radical (unpaired) electrons. The van der Waals surface area contributed by atoms with Crippen LogP contribution >= 0.6 is 0 Å². The van der Waals surface area contributed by atoms with Gasteiger partial charge in [0.2, 0.25) is 5.91 Å². The maximum Gasteiger partial charge on any atom is 0.255 e. The van der Waals surface area contributed by atoms with E-state index in [0.29, 0.717) is 11.5 Å². The number of nitrogens with one attached hydrogen (secondary N) is 3. The summed E-state index contributed by atoms with van der Waals surface area (Å²) in [5.41, 5.74) is 2.08. The van der Waals surface area contributed by atoms with Gasteiger partial charge in [0.15, 0.2) is 0 Å². The number of fused-ring (bicyclic) bond motifs is 1. The number of carbonyl (C=O) groups excluding carboxylic acids is 2. The van der Waals surface area contributed by atoms with Gasteiger partial charge in [-0.25, -0.2) is 0 Å². The zero-order valence-electron chi connectivity index (χ0n) is 16.9. The van der Waals surface area contributed by atoms with Crippen molar-refractivity contribution in [3.8, 4) is 0 Å². The third-order valence-corrected chi connectivity index (χ3v) is 6.52. The lowest BCUT2D eigenvalue weighted by atomic mass is 9.67. The quantitative estimate of drug-likeness (QED) is 0.724. The number of anilines is 1. The maximum atomic E-state index is 13.2. The van der Waals surface area contributed by atoms with E-state index in [0.717, 1.165) is 43.6 Å². The highest BCUT2D eigenvalue weighted by Crippen LogP contribution is 2.44. The minimum absolute atomic E-state index is 0.117. The molecule has 3 N–H and O–H groups in total. The molecule has 2 fully saturated rings. The first-order valence-electron chi connectivity index (χ1n) is 10.6. The summed E-state index contributed by atoms with van der Waals surface area (Å²) in [4.78, 5) is 25.6. The molecule has 5 heteroatoms. The fourth-order valence-corrected chi connectivity index (χ4v) is 4.79. The van der Waals surface area contributed by atoms with Crippen molar-refractivity contribution in [2.45, 2.75) is 38.6 Å². The summed E-state index contributed by atoms with van der Waals surface area (Å²) in [6.07, 6.45) is 4.45. The van der Waals surface area contributed by atoms with Gasteiger partial charge in [-0.2, -0.15) is 0 Å². The van der Waals surface area contributed by atoms with Gasteiger partial charge >= 0.3 is 0 Å². The van der Waals surface area contributed by atoms with Crippen LogP contribution in [0, 0.1) is 11.3 Å². The monoisotopic (exact) mass is 391 g/mol. The molecule has 1 aliphatic carbocycles. The molecule has 5 nitrogen and oxygen atoms in total. The Labute approximate surface area is 172 Å². The zero-order chi connectivity index (χ0) is 20.3. The molecule has 0 aromatic heterocycles. The molecule has 2 aliphatic rings. The van der Waals surface area contributed by atoms with Crippen LogP contribution in [0.3, 0.4) is 0 Å². The van der Waals surface area contributed by atoms with Crippen LogP contribution in [0.2, 0.25) is 0 Å². The van der Waals surface area contributed by atoms with Gasteiger partial charge in [0, 0.05) is 17.8 Å². The summed E-state index contributed by atoms with van der Waals surface area (Å²) in [7, 11) is 0. The van der Waals surface area contributed by atoms with E-state index in [1.807, 2.05) is 49.4 Å². The van der Waals surface area contributed by atoms with Gasteiger partial charge in [-0.1, -0.05) is 43.2 Å². The van der Waals surface area contributed by atoms with E-state index in [2.05, 4.69) is 16.0 Å². The number of rotatable bonds is 5. The highest BCUT2D eigenvalue weighted by atomic mass is 16.2. The summed E-state index contributed by atoms with van der Waals surface area (Å²) in [5, 5.41) is 9.63. The van der Waals surface area contributed by atoms with Crippen LogP contribution in [0.4, 0.5) is 5.69 Å². The van der Waals surface area contributed by atoms with Gasteiger partial charge in [-0.05, 0) is 62.1 Å². The van der Waals surface area contributed by atoms with Gasteiger partial charge in [0.05, 0.1) is 11.5 Å². The van der Waals surface area contributed by atoms with Crippen LogP contribution in [-0.4, -0.2) is 24.9 Å². The van der Waals surface area contributed by atoms with Gasteiger partial charge < -0.3 is 16.0 Å². The third-order valence-electron chi connectivity index (χ3n) is 6.52. The molecule has 2 aromatic rings. The first-order valence-corrected chi connectivity index (χ1v) is 10.6. The van der Waals surface area contributed by atoms with Crippen molar-refractivity contribution in [2.75, 3.05) is 18.4 Å². The smallest absolute Gasteiger partial charge is 0.255 e. The lowest BCUT2D eigenvalue weighted by Crippen LogP contribution is -2.48. The number of benzene rings is 2. The Hall–Kier alpha value is -2.66. The third kappa shape index (κ3) is 4.06. The second kappa shape index (κ2) is 8.37. The van der Waals surface area contributed by atoms with Crippen molar-refractivity contribution in [2.24, 2.45) is 11.3 Å². The van der Waals surface area contributed by atoms with Crippen molar-refractivity contribution in [1.82, 2.24) is 10.6 Å². The summed E-state index contributed by atoms with van der Waals surface area (Å²) < 4.78 is 0. The topological polar surface area (TPSA) is 70.2 Å². The second-order valence-corrected chi connectivity index (χ2v) is 8.37. The van der Waals surface area contributed by atoms with E-state index in [1.54, 1.807) is 12.1 Å². The predicted molar refractivity (Wildman–Crippen MR) is 115 cm³/mol. The van der Waals surface area contributed by atoms with E-state index in [1.165, 1.54) is 6.42 Å². The first kappa shape index (κ1) is 19.6. The predicted octanol–water partition coefficient (Wildman–Crippen LogP) is 3.90. The molecule has 1 saturated heterocycles. The van der Waals surface area contributed by atoms with Crippen LogP contribution in [0.15, 0.2) is 54.6 Å². The molecular weight excluding hydrogens is 362 g/mol. The van der Waals surface area contributed by atoms with Crippen molar-refractivity contribution < 1.29 is 9.59 Å². The maximum absolute atomic E-state index is 13.2. The fourth-order valence-electron chi connectivity index (χ4n) is 4.79. The van der Waals surface area contributed by atoms with Crippen LogP contribution in [-0.2, 0) is 4.79 Å². The molecule has 3 atom stereocenters. The Kier molecular flexibility index (Phi) is 5.67. The molecule has 0 bridgehead atoms. The van der Waals surface area contributed by atoms with Crippen molar-refractivity contribution in [3.05, 3.63) is 65.7 Å². The summed E-state index contributed by atoms with van der Waals surface area (Å²) in [5.74, 6) is 0.471. The van der Waals surface area contributed by atoms with E-state index in [4.69, 9.17) is 0 Å². The van der Waals surface area contributed by atoms with Gasteiger partial charge in [0.1, 0.15) is 0 Å². The fraction of sp³-hybridized carbons (Fsp3) is 0.417. The molecule has 1 saturated carbocycles. The molecule has 1 unspecified atom stereocenters. The average Bonchev–Trinajstić information content (AvgIpc) is 3.20. The molecule has 1 aliphatic heterocycles. The molecule has 152 valence electrons. The minimum atomic E-state index is -0.258. The number of hydrogen-bond donors (Lipinski definition) is 3. The largest absolute Gasteiger partial charge is 0.349 e. The van der Waals surface area contributed by atoms with Crippen molar-refractivity contribution >= 4 is 17.5 Å². The molecule has 2 aromatic carbocycles. The summed E-state index contributed by atoms with van der Waals surface area (Å²) in [6.45, 7) is 3.74. The van der Waals surface area contributed by atoms with Crippen molar-refractivity contribution in [1.29, 1.82) is 0 Å². The molecule has 29 heavy (non-hydrogen) atoms. The lowest BCUT2D eigenvalue weighted by molar-refractivity contribution is -0.134. The van der Waals surface area contributed by atoms with Gasteiger partial charge in [-0.15, -0.1) is 0 Å². The first-order chi connectivity index (χ1) is 14.1. The van der Waals surface area contributed by atoms with E-state index >= 15 is 0 Å². The van der Waals surface area contributed by atoms with Gasteiger partial charge in [0.25, 0.3) is 5.91 Å². The summed E-state index contributed by atoms with van der Waals surface area (Å²) in [6, 6.07) is 16.8. The van der Waals surface area contributed by atoms with Crippen LogP contribution in [0.1, 0.15) is 54.6 Å². The number of amides is 2. The number of carbonyl (C=O) groups is 2. The second-order valence-electron chi connectivity index (χ2n) is 8.37. The van der Waals surface area contributed by atoms with E-state index < -0.39 is 0 Å². The van der Waals surface area contributed by atoms with Crippen LogP contribution < -0.4 is 16.0 Å². The van der Waals surface area contributed by atoms with E-state index in [9.17, 15) is 9.59 Å². The highest BCUT2D eigenvalue weighted by Gasteiger charge is 2.49. The normalized spacial score (nSPS) is 24.4. The van der Waals surface area contributed by atoms with Gasteiger partial charge in [-0.3, -0.25) is 9.59 Å². The number of hydrogen-bond acceptors (Lipinski definition) is 3. The highest BCUT2D eigenvalue weighted by molar-refractivity contribution is 6.04. The van der Waals surface area contributed by atoms with Crippen LogP contribution in [0.5, 0.6) is 0 Å². The Morgan fingerprint density at radius 3 is 2.76 bits per heavy atom. The Morgan fingerprint density at radius 2 is 1.93 bits per heavy atom.